The Balaban J connectivity index is 0.722. The number of likely N-dealkylation sites (tertiary alicyclic amines) is 1. The summed E-state index contributed by atoms with van der Waals surface area (Å²) >= 11 is 6.76. The van der Waals surface area contributed by atoms with E-state index in [0.29, 0.717) is 106 Å². The Kier molecular flexibility index (Phi) is 14.8. The molecule has 0 saturated carbocycles. The van der Waals surface area contributed by atoms with Crippen LogP contribution < -0.4 is 14.5 Å². The Hall–Kier alpha value is -7.15. The lowest BCUT2D eigenvalue weighted by Gasteiger charge is -2.38. The normalized spacial score (nSPS) is 17.0. The fourth-order valence-electron chi connectivity index (χ4n) is 10.9. The number of amides is 2. The third-order valence-electron chi connectivity index (χ3n) is 15.0. The molecule has 4 aliphatic rings. The molecule has 0 aliphatic carbocycles. The van der Waals surface area contributed by atoms with Crippen LogP contribution in [0.3, 0.4) is 0 Å². The molecule has 17 nitrogen and oxygen atoms in total. The van der Waals surface area contributed by atoms with Crippen molar-refractivity contribution in [3.63, 3.8) is 0 Å². The van der Waals surface area contributed by atoms with Crippen LogP contribution in [0.2, 0.25) is 5.02 Å². The zero-order chi connectivity index (χ0) is 51.6. The number of phenolic OH excluding ortho intramolecular Hbond substituents is 2. The third kappa shape index (κ3) is 10.5. The van der Waals surface area contributed by atoms with E-state index in [1.165, 1.54) is 11.0 Å². The number of aromatic hydroxyl groups is 2. The molecular weight excluding hydrogens is 965 g/mol. The maximum absolute atomic E-state index is 13.8. The summed E-state index contributed by atoms with van der Waals surface area (Å²) in [4.78, 5) is 60.8. The lowest BCUT2D eigenvalue weighted by atomic mass is 9.94. The van der Waals surface area contributed by atoms with Gasteiger partial charge in [0.05, 0.1) is 22.8 Å². The second kappa shape index (κ2) is 21.7. The molecule has 19 heteroatoms. The van der Waals surface area contributed by atoms with Crippen molar-refractivity contribution in [3.05, 3.63) is 118 Å². The van der Waals surface area contributed by atoms with Gasteiger partial charge in [-0.1, -0.05) is 68.4 Å². The molecule has 3 saturated heterocycles. The minimum atomic E-state index is -0.958. The van der Waals surface area contributed by atoms with Crippen LogP contribution in [-0.2, 0) is 29.1 Å². The van der Waals surface area contributed by atoms with E-state index in [2.05, 4.69) is 54.6 Å². The number of halogens is 2. The van der Waals surface area contributed by atoms with Gasteiger partial charge in [-0.25, -0.2) is 4.39 Å². The highest BCUT2D eigenvalue weighted by atomic mass is 35.5. The molecule has 10 rings (SSSR count). The number of fused-ring (bicyclic) bond motifs is 2. The average molecular weight is 1030 g/mol. The van der Waals surface area contributed by atoms with Crippen molar-refractivity contribution >= 4 is 52.0 Å². The number of phenols is 2. The predicted octanol–water partition coefficient (Wildman–Crippen LogP) is 7.01. The summed E-state index contributed by atoms with van der Waals surface area (Å²) in [5.41, 5.74) is 5.69. The lowest BCUT2D eigenvalue weighted by Crippen LogP contribution is -2.52. The number of hydrogen-bond acceptors (Lipinski definition) is 14. The van der Waals surface area contributed by atoms with E-state index in [-0.39, 0.29) is 41.1 Å². The Morgan fingerprint density at radius 2 is 1.55 bits per heavy atom. The van der Waals surface area contributed by atoms with Gasteiger partial charge >= 0.3 is 6.01 Å². The number of benzene rings is 4. The monoisotopic (exact) mass is 1030 g/mol. The van der Waals surface area contributed by atoms with Gasteiger partial charge in [-0.15, -0.1) is 10.2 Å². The van der Waals surface area contributed by atoms with E-state index in [1.807, 2.05) is 61.2 Å². The van der Waals surface area contributed by atoms with E-state index in [1.54, 1.807) is 10.6 Å². The molecule has 74 heavy (non-hydrogen) atoms. The van der Waals surface area contributed by atoms with Gasteiger partial charge in [-0.05, 0) is 85.1 Å². The number of piperidine rings is 1. The number of carbonyl (C=O) groups is 3. The standard InChI is InChI=1S/C55H61ClFN11O6/c1-35(2)42-30-43(48(71)31-47(42)70)52-61-60-49(34-69)68(52)40-12-10-37(11-13-40)32-63-17-14-39(15-18-63)54(73)66-22-20-62(21-23-66)28-29-74-55-58-45-33-67(46-9-5-7-38-6-4-8-44(56)50(38)46)19-16-41(45)51(59-55)64-24-26-65(27-25-64)53(72)36(3)57/h4-13,30-31,34-35,39,70-71H,3,14-29,32-33H2,1-2H3. The molecule has 4 aromatic carbocycles. The second-order valence-corrected chi connectivity index (χ2v) is 20.3. The molecule has 0 radical (unpaired) electrons. The third-order valence-corrected chi connectivity index (χ3v) is 15.3. The van der Waals surface area contributed by atoms with Crippen LogP contribution in [0.1, 0.15) is 65.6 Å². The van der Waals surface area contributed by atoms with Gasteiger partial charge in [0.15, 0.2) is 17.9 Å². The van der Waals surface area contributed by atoms with Crippen LogP contribution in [0, 0.1) is 5.92 Å². The van der Waals surface area contributed by atoms with Crippen LogP contribution >= 0.6 is 11.6 Å². The fraction of sp³-hybridized carbons (Fsp3) is 0.400. The Bertz CT molecular complexity index is 3070. The first kappa shape index (κ1) is 50.4. The largest absolute Gasteiger partial charge is 0.508 e. The number of nitrogens with zero attached hydrogens (tertiary/aromatic N) is 11. The van der Waals surface area contributed by atoms with Crippen molar-refractivity contribution in [1.29, 1.82) is 0 Å². The molecule has 2 N–H and O–H groups in total. The number of anilines is 2. The predicted molar refractivity (Wildman–Crippen MR) is 281 cm³/mol. The number of rotatable bonds is 14. The molecule has 6 heterocycles. The summed E-state index contributed by atoms with van der Waals surface area (Å²) in [6.07, 6.45) is 2.88. The first-order valence-electron chi connectivity index (χ1n) is 25.5. The van der Waals surface area contributed by atoms with E-state index in [4.69, 9.17) is 26.3 Å². The summed E-state index contributed by atoms with van der Waals surface area (Å²) in [6.45, 7) is 16.1. The maximum atomic E-state index is 13.8. The number of aromatic nitrogens is 5. The molecule has 386 valence electrons. The molecule has 6 aromatic rings. The zero-order valence-electron chi connectivity index (χ0n) is 41.8. The number of ether oxygens (including phenoxy) is 1. The van der Waals surface area contributed by atoms with Gasteiger partial charge in [-0.3, -0.25) is 28.8 Å². The molecule has 0 spiro atoms. The second-order valence-electron chi connectivity index (χ2n) is 19.9. The molecule has 3 fully saturated rings. The van der Waals surface area contributed by atoms with Crippen LogP contribution in [0.4, 0.5) is 15.9 Å². The van der Waals surface area contributed by atoms with Gasteiger partial charge in [0.2, 0.25) is 11.7 Å². The van der Waals surface area contributed by atoms with Crippen LogP contribution in [0.5, 0.6) is 17.5 Å². The topological polar surface area (TPSA) is 177 Å². The molecule has 2 aromatic heterocycles. The first-order valence-corrected chi connectivity index (χ1v) is 25.8. The van der Waals surface area contributed by atoms with Gasteiger partial charge < -0.3 is 34.5 Å². The summed E-state index contributed by atoms with van der Waals surface area (Å²) < 4.78 is 21.7. The summed E-state index contributed by atoms with van der Waals surface area (Å²) in [5.74, 6) is -0.480. The van der Waals surface area contributed by atoms with Crippen LogP contribution in [0.15, 0.2) is 85.2 Å². The molecule has 0 atom stereocenters. The Morgan fingerprint density at radius 3 is 2.26 bits per heavy atom. The van der Waals surface area contributed by atoms with Crippen molar-refractivity contribution in [2.45, 2.75) is 52.1 Å². The van der Waals surface area contributed by atoms with Crippen molar-refractivity contribution in [2.75, 3.05) is 94.9 Å². The Labute approximate surface area is 434 Å². The molecule has 2 amide bonds. The van der Waals surface area contributed by atoms with E-state index in [0.717, 1.165) is 84.7 Å². The van der Waals surface area contributed by atoms with Crippen molar-refractivity contribution in [2.24, 2.45) is 5.92 Å². The minimum absolute atomic E-state index is 0.0130. The summed E-state index contributed by atoms with van der Waals surface area (Å²) in [6, 6.07) is 23.2. The SMILES string of the molecule is C=C(F)C(=O)N1CCN(c2nc(OCCN3CCN(C(=O)C4CCN(Cc5ccc(-n6c(C=O)nnc6-c6cc(C(C)C)c(O)cc6O)cc5)CC4)CC3)nc3c2CCN(c2cccc4cccc(Cl)c24)C3)CC1. The van der Waals surface area contributed by atoms with Gasteiger partial charge in [-0.2, -0.15) is 9.97 Å². The minimum Gasteiger partial charge on any atom is -0.508 e. The molecule has 0 unspecified atom stereocenters. The highest BCUT2D eigenvalue weighted by Gasteiger charge is 2.33. The summed E-state index contributed by atoms with van der Waals surface area (Å²) in [5, 5.41) is 32.3. The van der Waals surface area contributed by atoms with Crippen molar-refractivity contribution in [1.82, 2.24) is 44.3 Å². The highest BCUT2D eigenvalue weighted by molar-refractivity contribution is 6.36. The maximum Gasteiger partial charge on any atom is 0.318 e. The van der Waals surface area contributed by atoms with E-state index >= 15 is 0 Å². The number of hydrogen-bond donors (Lipinski definition) is 2. The van der Waals surface area contributed by atoms with Gasteiger partial charge in [0, 0.05) is 106 Å². The van der Waals surface area contributed by atoms with Crippen molar-refractivity contribution in [3.8, 4) is 34.6 Å². The van der Waals surface area contributed by atoms with E-state index in [9.17, 15) is 29.0 Å². The van der Waals surface area contributed by atoms with Crippen LogP contribution in [0.25, 0.3) is 27.8 Å². The lowest BCUT2D eigenvalue weighted by molar-refractivity contribution is -0.139. The highest BCUT2D eigenvalue weighted by Crippen LogP contribution is 2.40. The number of aldehydes is 1. The average Bonchev–Trinajstić information content (AvgIpc) is 3.84. The van der Waals surface area contributed by atoms with Crippen LogP contribution in [-0.4, -0.2) is 158 Å². The molecular formula is C55H61ClFN11O6. The smallest absolute Gasteiger partial charge is 0.318 e. The van der Waals surface area contributed by atoms with Gasteiger partial charge in [0.25, 0.3) is 5.91 Å². The first-order chi connectivity index (χ1) is 35.8. The quantitative estimate of drug-likeness (QED) is 0.0842. The van der Waals surface area contributed by atoms with E-state index < -0.39 is 11.7 Å². The fourth-order valence-corrected chi connectivity index (χ4v) is 11.1. The zero-order valence-corrected chi connectivity index (χ0v) is 42.6. The number of piperazine rings is 2. The molecule has 0 bridgehead atoms. The van der Waals surface area contributed by atoms with Gasteiger partial charge in [0.1, 0.15) is 23.9 Å². The summed E-state index contributed by atoms with van der Waals surface area (Å²) in [7, 11) is 0. The molecule has 4 aliphatic heterocycles. The van der Waals surface area contributed by atoms with Crippen molar-refractivity contribution < 1.29 is 33.7 Å². The number of carbonyl (C=O) groups excluding carboxylic acids is 3. The Morgan fingerprint density at radius 1 is 0.838 bits per heavy atom.